The zero-order valence-corrected chi connectivity index (χ0v) is 18.1. The van der Waals surface area contributed by atoms with Crippen molar-refractivity contribution in [1.82, 2.24) is 4.98 Å². The Labute approximate surface area is 185 Å². The monoisotopic (exact) mass is 437 g/mol. The lowest BCUT2D eigenvalue weighted by Gasteiger charge is -2.28. The van der Waals surface area contributed by atoms with Gasteiger partial charge in [-0.15, -0.1) is 0 Å². The van der Waals surface area contributed by atoms with Gasteiger partial charge in [-0.05, 0) is 6.07 Å². The van der Waals surface area contributed by atoms with Crippen molar-refractivity contribution in [1.29, 1.82) is 0 Å². The molecular formula is C23H27N5O4. The lowest BCUT2D eigenvalue weighted by molar-refractivity contribution is 0.122. The van der Waals surface area contributed by atoms with Crippen molar-refractivity contribution in [3.63, 3.8) is 0 Å². The lowest BCUT2D eigenvalue weighted by Crippen LogP contribution is -2.37. The van der Waals surface area contributed by atoms with Gasteiger partial charge in [0.2, 0.25) is 0 Å². The number of aromatic amines is 1. The summed E-state index contributed by atoms with van der Waals surface area (Å²) >= 11 is 0. The molecule has 4 rings (SSSR count). The molecule has 168 valence electrons. The van der Waals surface area contributed by atoms with E-state index in [1.165, 1.54) is 5.01 Å². The fourth-order valence-corrected chi connectivity index (χ4v) is 3.71. The number of pyridine rings is 1. The van der Waals surface area contributed by atoms with E-state index in [9.17, 15) is 4.79 Å². The number of benzene rings is 2. The number of para-hydroxylation sites is 1. The maximum Gasteiger partial charge on any atom is 0.191 e. The second-order valence-corrected chi connectivity index (χ2v) is 7.41. The number of hydrazine groups is 1. The number of nitrogens with two attached hydrogens (primary N) is 2. The molecule has 0 atom stereocenters. The van der Waals surface area contributed by atoms with E-state index in [0.29, 0.717) is 65.7 Å². The molecule has 2 heterocycles. The molecule has 32 heavy (non-hydrogen) atoms. The van der Waals surface area contributed by atoms with E-state index in [1.54, 1.807) is 56.8 Å². The topological polar surface area (TPSA) is 119 Å². The van der Waals surface area contributed by atoms with E-state index >= 15 is 0 Å². The predicted molar refractivity (Wildman–Crippen MR) is 126 cm³/mol. The predicted octanol–water partition coefficient (Wildman–Crippen LogP) is 2.02. The number of nitrogens with one attached hydrogen (secondary N) is 1. The van der Waals surface area contributed by atoms with Gasteiger partial charge in [-0.1, -0.05) is 12.1 Å². The molecule has 0 radical (unpaired) electrons. The Hall–Kier alpha value is -3.69. The number of hydrogen-bond donors (Lipinski definition) is 3. The van der Waals surface area contributed by atoms with Crippen LogP contribution in [0.15, 0.2) is 53.5 Å². The van der Waals surface area contributed by atoms with E-state index in [-0.39, 0.29) is 5.43 Å². The molecule has 2 aromatic carbocycles. The molecule has 0 saturated carbocycles. The largest absolute Gasteiger partial charge is 0.497 e. The molecule has 9 heteroatoms. The van der Waals surface area contributed by atoms with Gasteiger partial charge in [0.05, 0.1) is 44.3 Å². The molecule has 0 aliphatic carbocycles. The minimum absolute atomic E-state index is 0.0722. The molecular weight excluding hydrogens is 410 g/mol. The summed E-state index contributed by atoms with van der Waals surface area (Å²) in [5.41, 5.74) is 8.74. The van der Waals surface area contributed by atoms with Crippen LogP contribution in [-0.4, -0.2) is 45.5 Å². The number of aromatic nitrogens is 1. The van der Waals surface area contributed by atoms with Gasteiger partial charge in [-0.25, -0.2) is 5.84 Å². The van der Waals surface area contributed by atoms with E-state index in [4.69, 9.17) is 25.8 Å². The molecule has 1 saturated heterocycles. The fourth-order valence-electron chi connectivity index (χ4n) is 3.71. The highest BCUT2D eigenvalue weighted by Crippen LogP contribution is 2.28. The van der Waals surface area contributed by atoms with Crippen LogP contribution >= 0.6 is 0 Å². The third-order valence-electron chi connectivity index (χ3n) is 5.43. The van der Waals surface area contributed by atoms with Crippen LogP contribution in [0.1, 0.15) is 5.56 Å². The minimum atomic E-state index is -0.0722. The van der Waals surface area contributed by atoms with Crippen molar-refractivity contribution in [2.24, 2.45) is 11.6 Å². The highest BCUT2D eigenvalue weighted by Gasteiger charge is 2.16. The Morgan fingerprint density at radius 3 is 2.47 bits per heavy atom. The second kappa shape index (κ2) is 9.21. The number of H-pyrrole nitrogens is 1. The summed E-state index contributed by atoms with van der Waals surface area (Å²) < 4.78 is 16.0. The Bertz CT molecular complexity index is 1180. The quantitative estimate of drug-likeness (QED) is 0.396. The maximum atomic E-state index is 12.8. The number of methoxy groups -OCH3 is 2. The van der Waals surface area contributed by atoms with Gasteiger partial charge in [0.1, 0.15) is 17.3 Å². The third-order valence-corrected chi connectivity index (χ3v) is 5.43. The van der Waals surface area contributed by atoms with Gasteiger partial charge in [0, 0.05) is 54.5 Å². The first-order valence-corrected chi connectivity index (χ1v) is 10.2. The molecule has 1 aliphatic rings. The van der Waals surface area contributed by atoms with Gasteiger partial charge in [-0.2, -0.15) is 0 Å². The Balaban J connectivity index is 1.74. The molecule has 0 amide bonds. The van der Waals surface area contributed by atoms with Crippen molar-refractivity contribution in [2.45, 2.75) is 0 Å². The summed E-state index contributed by atoms with van der Waals surface area (Å²) in [5.74, 6) is 8.22. The van der Waals surface area contributed by atoms with Gasteiger partial charge >= 0.3 is 0 Å². The first-order chi connectivity index (χ1) is 15.5. The molecule has 9 nitrogen and oxygen atoms in total. The second-order valence-electron chi connectivity index (χ2n) is 7.41. The maximum absolute atomic E-state index is 12.8. The molecule has 0 spiro atoms. The minimum Gasteiger partial charge on any atom is -0.497 e. The van der Waals surface area contributed by atoms with Crippen molar-refractivity contribution in [3.05, 3.63) is 64.5 Å². The van der Waals surface area contributed by atoms with Crippen molar-refractivity contribution < 1.29 is 14.2 Å². The number of rotatable bonds is 6. The molecule has 1 fully saturated rings. The number of fused-ring (bicyclic) bond motifs is 1. The van der Waals surface area contributed by atoms with Crippen molar-refractivity contribution >= 4 is 28.1 Å². The summed E-state index contributed by atoms with van der Waals surface area (Å²) in [6.07, 6.45) is 1.60. The third kappa shape index (κ3) is 4.34. The van der Waals surface area contributed by atoms with Crippen LogP contribution < -0.4 is 36.4 Å². The van der Waals surface area contributed by atoms with Crippen LogP contribution in [0.4, 0.5) is 11.5 Å². The van der Waals surface area contributed by atoms with Crippen LogP contribution in [0.5, 0.6) is 11.5 Å². The summed E-state index contributed by atoms with van der Waals surface area (Å²) in [4.78, 5) is 18.3. The number of morpholine rings is 1. The summed E-state index contributed by atoms with van der Waals surface area (Å²) in [6, 6.07) is 12.4. The van der Waals surface area contributed by atoms with E-state index in [0.717, 1.165) is 5.82 Å². The number of anilines is 2. The number of hydrogen-bond acceptors (Lipinski definition) is 8. The van der Waals surface area contributed by atoms with E-state index < -0.39 is 0 Å². The number of ether oxygens (including phenoxy) is 3. The highest BCUT2D eigenvalue weighted by atomic mass is 16.5. The lowest BCUT2D eigenvalue weighted by atomic mass is 10.1. The van der Waals surface area contributed by atoms with Crippen LogP contribution in [-0.2, 0) is 4.74 Å². The first kappa shape index (κ1) is 21.5. The molecule has 5 N–H and O–H groups in total. The molecule has 0 unspecified atom stereocenters. The van der Waals surface area contributed by atoms with Crippen molar-refractivity contribution in [3.8, 4) is 11.5 Å². The average Bonchev–Trinajstić information content (AvgIpc) is 2.83. The normalized spacial score (nSPS) is 14.5. The van der Waals surface area contributed by atoms with Gasteiger partial charge in [0.25, 0.3) is 0 Å². The zero-order valence-electron chi connectivity index (χ0n) is 18.1. The summed E-state index contributed by atoms with van der Waals surface area (Å²) in [5, 5.41) is 1.95. The highest BCUT2D eigenvalue weighted by molar-refractivity contribution is 5.91. The van der Waals surface area contributed by atoms with Gasteiger partial charge in [-0.3, -0.25) is 9.80 Å². The number of nitrogens with zero attached hydrogens (tertiary/aromatic N) is 2. The van der Waals surface area contributed by atoms with Crippen LogP contribution in [0.2, 0.25) is 0 Å². The first-order valence-electron chi connectivity index (χ1n) is 10.2. The van der Waals surface area contributed by atoms with Crippen LogP contribution in [0, 0.1) is 0 Å². The Morgan fingerprint density at radius 1 is 1.12 bits per heavy atom. The summed E-state index contributed by atoms with van der Waals surface area (Å²) in [7, 11) is 3.14. The van der Waals surface area contributed by atoms with Gasteiger partial charge in [0.15, 0.2) is 5.43 Å². The smallest absolute Gasteiger partial charge is 0.191 e. The molecule has 1 aliphatic heterocycles. The Kier molecular flexibility index (Phi) is 6.20. The fraction of sp³-hybridized carbons (Fsp3) is 0.261. The van der Waals surface area contributed by atoms with Crippen LogP contribution in [0.3, 0.4) is 0 Å². The SMILES string of the molecule is COc1cc(OC)cc(N(N)/C=C(\N)c2cccc3c(=O)cc(N4CCOCC4)[nH]c23)c1. The van der Waals surface area contributed by atoms with E-state index in [2.05, 4.69) is 9.88 Å². The molecule has 1 aromatic heterocycles. The van der Waals surface area contributed by atoms with Gasteiger partial charge < -0.3 is 29.8 Å². The molecule has 3 aromatic rings. The standard InChI is InChI=1S/C23H27N5O4/c1-30-16-10-15(11-17(12-16)31-2)28(25)14-20(24)18-4-3-5-19-21(29)13-22(26-23(18)19)27-6-8-32-9-7-27/h3-5,10-14H,6-9,24-25H2,1-2H3,(H,26,29)/b20-14-. The Morgan fingerprint density at radius 2 is 1.81 bits per heavy atom. The summed E-state index contributed by atoms with van der Waals surface area (Å²) in [6.45, 7) is 2.66. The van der Waals surface area contributed by atoms with E-state index in [1.807, 2.05) is 6.07 Å². The van der Waals surface area contributed by atoms with Crippen LogP contribution in [0.25, 0.3) is 16.6 Å². The molecule has 0 bridgehead atoms. The zero-order chi connectivity index (χ0) is 22.7. The van der Waals surface area contributed by atoms with Crippen molar-refractivity contribution in [2.75, 3.05) is 50.4 Å². The average molecular weight is 438 g/mol.